The molecule has 1 aromatic rings. The van der Waals surface area contributed by atoms with Crippen LogP contribution in [0.5, 0.6) is 0 Å². The zero-order valence-corrected chi connectivity index (χ0v) is 12.5. The van der Waals surface area contributed by atoms with E-state index >= 15 is 0 Å². The first kappa shape index (κ1) is 15.1. The van der Waals surface area contributed by atoms with Gasteiger partial charge in [0.25, 0.3) is 5.91 Å². The molecule has 0 radical (unpaired) electrons. The number of carbonyl (C=O) groups is 2. The molecule has 7 heteroatoms. The summed E-state index contributed by atoms with van der Waals surface area (Å²) in [7, 11) is 0. The monoisotopic (exact) mass is 334 g/mol. The molecule has 2 amide bonds. The molecule has 0 aliphatic carbocycles. The van der Waals surface area contributed by atoms with Crippen molar-refractivity contribution in [2.75, 3.05) is 6.54 Å². The number of nitrogens with one attached hydrogen (secondary N) is 2. The van der Waals surface area contributed by atoms with Crippen molar-refractivity contribution >= 4 is 39.1 Å². The van der Waals surface area contributed by atoms with Crippen LogP contribution in [-0.4, -0.2) is 35.6 Å². The summed E-state index contributed by atoms with van der Waals surface area (Å²) in [4.78, 5) is 23.9. The molecule has 5 nitrogen and oxygen atoms in total. The molecule has 0 aromatic carbocycles. The SMILES string of the molecule is C[C@@H](O)CNC(=O)[C@@H](C)NC(=O)c1ccc(Br)s1. The molecular weight excluding hydrogens is 320 g/mol. The van der Waals surface area contributed by atoms with Crippen LogP contribution in [-0.2, 0) is 4.79 Å². The predicted octanol–water partition coefficient (Wildman–Crippen LogP) is 1.13. The molecule has 1 heterocycles. The second kappa shape index (κ2) is 6.86. The third-order valence-electron chi connectivity index (χ3n) is 2.11. The zero-order chi connectivity index (χ0) is 13.7. The standard InChI is InChI=1S/C11H15BrN2O3S/c1-6(15)5-13-10(16)7(2)14-11(17)8-3-4-9(12)18-8/h3-4,6-7,15H,5H2,1-2H3,(H,13,16)(H,14,17)/t6-,7-/m1/s1. The van der Waals surface area contributed by atoms with Crippen molar-refractivity contribution < 1.29 is 14.7 Å². The molecule has 0 bridgehead atoms. The van der Waals surface area contributed by atoms with Crippen molar-refractivity contribution in [1.29, 1.82) is 0 Å². The first-order chi connectivity index (χ1) is 8.40. The fourth-order valence-electron chi connectivity index (χ4n) is 1.17. The predicted molar refractivity (Wildman–Crippen MR) is 73.6 cm³/mol. The molecule has 0 saturated carbocycles. The number of thiophene rings is 1. The Morgan fingerprint density at radius 3 is 2.61 bits per heavy atom. The van der Waals surface area contributed by atoms with Crippen LogP contribution in [0.25, 0.3) is 0 Å². The summed E-state index contributed by atoms with van der Waals surface area (Å²) in [5, 5.41) is 14.2. The Morgan fingerprint density at radius 1 is 1.44 bits per heavy atom. The highest BCUT2D eigenvalue weighted by Crippen LogP contribution is 2.21. The summed E-state index contributed by atoms with van der Waals surface area (Å²) in [6.07, 6.45) is -0.606. The number of hydrogen-bond donors (Lipinski definition) is 3. The Kier molecular flexibility index (Phi) is 5.77. The summed E-state index contributed by atoms with van der Waals surface area (Å²) in [6.45, 7) is 3.34. The quantitative estimate of drug-likeness (QED) is 0.755. The number of amides is 2. The fraction of sp³-hybridized carbons (Fsp3) is 0.455. The van der Waals surface area contributed by atoms with E-state index in [2.05, 4.69) is 26.6 Å². The molecule has 18 heavy (non-hydrogen) atoms. The number of hydrogen-bond acceptors (Lipinski definition) is 4. The summed E-state index contributed by atoms with van der Waals surface area (Å²) in [5.41, 5.74) is 0. The highest BCUT2D eigenvalue weighted by molar-refractivity contribution is 9.11. The van der Waals surface area contributed by atoms with Crippen molar-refractivity contribution in [3.8, 4) is 0 Å². The zero-order valence-electron chi connectivity index (χ0n) is 10.1. The minimum absolute atomic E-state index is 0.170. The first-order valence-electron chi connectivity index (χ1n) is 5.42. The molecule has 0 aliphatic heterocycles. The number of carbonyl (C=O) groups excluding carboxylic acids is 2. The molecule has 0 spiro atoms. The Bertz CT molecular complexity index is 434. The van der Waals surface area contributed by atoms with E-state index in [1.54, 1.807) is 26.0 Å². The molecule has 0 aliphatic rings. The maximum Gasteiger partial charge on any atom is 0.262 e. The van der Waals surface area contributed by atoms with Crippen molar-refractivity contribution in [3.05, 3.63) is 20.8 Å². The van der Waals surface area contributed by atoms with E-state index in [4.69, 9.17) is 5.11 Å². The Hall–Kier alpha value is -0.920. The van der Waals surface area contributed by atoms with Gasteiger partial charge >= 0.3 is 0 Å². The van der Waals surface area contributed by atoms with Crippen molar-refractivity contribution in [2.24, 2.45) is 0 Å². The molecule has 0 unspecified atom stereocenters. The molecule has 3 N–H and O–H groups in total. The van der Waals surface area contributed by atoms with E-state index in [1.807, 2.05) is 0 Å². The van der Waals surface area contributed by atoms with Crippen LogP contribution >= 0.6 is 27.3 Å². The molecule has 100 valence electrons. The fourth-order valence-corrected chi connectivity index (χ4v) is 2.46. The average molecular weight is 335 g/mol. The van der Waals surface area contributed by atoms with Crippen LogP contribution in [0.2, 0.25) is 0 Å². The number of rotatable bonds is 5. The lowest BCUT2D eigenvalue weighted by atomic mass is 10.3. The summed E-state index contributed by atoms with van der Waals surface area (Å²) in [6, 6.07) is 2.82. The third-order valence-corrected chi connectivity index (χ3v) is 3.73. The Morgan fingerprint density at radius 2 is 2.11 bits per heavy atom. The summed E-state index contributed by atoms with van der Waals surface area (Å²) < 4.78 is 0.860. The highest BCUT2D eigenvalue weighted by Gasteiger charge is 2.17. The van der Waals surface area contributed by atoms with Crippen molar-refractivity contribution in [1.82, 2.24) is 10.6 Å². The van der Waals surface area contributed by atoms with Gasteiger partial charge in [0.1, 0.15) is 6.04 Å². The van der Waals surface area contributed by atoms with Gasteiger partial charge in [-0.25, -0.2) is 0 Å². The van der Waals surface area contributed by atoms with Gasteiger partial charge in [0.05, 0.1) is 14.8 Å². The van der Waals surface area contributed by atoms with Crippen LogP contribution in [0.3, 0.4) is 0 Å². The van der Waals surface area contributed by atoms with Gasteiger partial charge in [0, 0.05) is 6.54 Å². The van der Waals surface area contributed by atoms with Gasteiger partial charge < -0.3 is 15.7 Å². The second-order valence-electron chi connectivity index (χ2n) is 3.89. The van der Waals surface area contributed by atoms with E-state index in [9.17, 15) is 9.59 Å². The van der Waals surface area contributed by atoms with Gasteiger partial charge in [-0.15, -0.1) is 11.3 Å². The van der Waals surface area contributed by atoms with Crippen LogP contribution in [0.1, 0.15) is 23.5 Å². The van der Waals surface area contributed by atoms with Crippen LogP contribution in [0, 0.1) is 0 Å². The van der Waals surface area contributed by atoms with Crippen molar-refractivity contribution in [2.45, 2.75) is 26.0 Å². The lowest BCUT2D eigenvalue weighted by molar-refractivity contribution is -0.123. The van der Waals surface area contributed by atoms with E-state index in [0.717, 1.165) is 3.79 Å². The topological polar surface area (TPSA) is 78.4 Å². The minimum Gasteiger partial charge on any atom is -0.392 e. The van der Waals surface area contributed by atoms with E-state index in [1.165, 1.54) is 11.3 Å². The van der Waals surface area contributed by atoms with Gasteiger partial charge in [0.15, 0.2) is 0 Å². The van der Waals surface area contributed by atoms with Crippen LogP contribution in [0.15, 0.2) is 15.9 Å². The first-order valence-corrected chi connectivity index (χ1v) is 7.03. The molecule has 0 fully saturated rings. The van der Waals surface area contributed by atoms with Crippen LogP contribution < -0.4 is 10.6 Å². The third kappa shape index (κ3) is 4.75. The van der Waals surface area contributed by atoms with E-state index < -0.39 is 12.1 Å². The molecule has 2 atom stereocenters. The highest BCUT2D eigenvalue weighted by atomic mass is 79.9. The van der Waals surface area contributed by atoms with Crippen molar-refractivity contribution in [3.63, 3.8) is 0 Å². The van der Waals surface area contributed by atoms with E-state index in [-0.39, 0.29) is 18.4 Å². The van der Waals surface area contributed by atoms with Gasteiger partial charge in [-0.2, -0.15) is 0 Å². The maximum atomic E-state index is 11.8. The summed E-state index contributed by atoms with van der Waals surface area (Å²) in [5.74, 6) is -0.606. The largest absolute Gasteiger partial charge is 0.392 e. The number of aliphatic hydroxyl groups is 1. The minimum atomic E-state index is -0.642. The van der Waals surface area contributed by atoms with Crippen LogP contribution in [0.4, 0.5) is 0 Å². The second-order valence-corrected chi connectivity index (χ2v) is 6.36. The lowest BCUT2D eigenvalue weighted by Gasteiger charge is -2.14. The van der Waals surface area contributed by atoms with Gasteiger partial charge in [-0.05, 0) is 41.9 Å². The Labute approximate surface area is 118 Å². The molecule has 1 aromatic heterocycles. The van der Waals surface area contributed by atoms with Gasteiger partial charge in [-0.1, -0.05) is 0 Å². The summed E-state index contributed by atoms with van der Waals surface area (Å²) >= 11 is 4.57. The smallest absolute Gasteiger partial charge is 0.262 e. The van der Waals surface area contributed by atoms with Gasteiger partial charge in [-0.3, -0.25) is 9.59 Å². The lowest BCUT2D eigenvalue weighted by Crippen LogP contribution is -2.46. The normalized spacial score (nSPS) is 13.8. The molecule has 1 rings (SSSR count). The molecule has 0 saturated heterocycles. The van der Waals surface area contributed by atoms with E-state index in [0.29, 0.717) is 4.88 Å². The number of halogens is 1. The number of aliphatic hydroxyl groups excluding tert-OH is 1. The molecular formula is C11H15BrN2O3S. The maximum absolute atomic E-state index is 11.8. The average Bonchev–Trinajstić information content (AvgIpc) is 2.72. The van der Waals surface area contributed by atoms with Gasteiger partial charge in [0.2, 0.25) is 5.91 Å². The Balaban J connectivity index is 2.46.